The lowest BCUT2D eigenvalue weighted by Crippen LogP contribution is -2.07. The van der Waals surface area contributed by atoms with Gasteiger partial charge in [0.15, 0.2) is 0 Å². The first-order valence-corrected chi connectivity index (χ1v) is 10.3. The number of rotatable bonds is 9. The van der Waals surface area contributed by atoms with Crippen molar-refractivity contribution in [3.63, 3.8) is 0 Å². The minimum atomic E-state index is -0.435. The minimum Gasteiger partial charge on any atom is -0.324 e. The molecule has 0 atom stereocenters. The highest BCUT2D eigenvalue weighted by molar-refractivity contribution is 5.79. The van der Waals surface area contributed by atoms with Gasteiger partial charge in [0.25, 0.3) is 5.69 Å². The van der Waals surface area contributed by atoms with Crippen molar-refractivity contribution in [3.8, 4) is 0 Å². The summed E-state index contributed by atoms with van der Waals surface area (Å²) in [4.78, 5) is 23.6. The number of aromatic nitrogens is 3. The lowest BCUT2D eigenvalue weighted by atomic mass is 10.2. The first-order valence-electron chi connectivity index (χ1n) is 10.3. The van der Waals surface area contributed by atoms with E-state index < -0.39 is 4.92 Å². The molecule has 0 saturated carbocycles. The van der Waals surface area contributed by atoms with Gasteiger partial charge in [0, 0.05) is 29.7 Å². The molecule has 3 N–H and O–H groups in total. The van der Waals surface area contributed by atoms with E-state index in [1.807, 2.05) is 60.7 Å². The van der Waals surface area contributed by atoms with E-state index in [1.165, 1.54) is 18.3 Å². The zero-order valence-electron chi connectivity index (χ0n) is 17.9. The number of nitro benzene ring substituents is 1. The molecule has 10 heteroatoms. The van der Waals surface area contributed by atoms with E-state index in [4.69, 9.17) is 0 Å². The van der Waals surface area contributed by atoms with Gasteiger partial charge in [0.2, 0.25) is 17.8 Å². The molecule has 0 radical (unpaired) electrons. The maximum atomic E-state index is 10.9. The van der Waals surface area contributed by atoms with E-state index in [-0.39, 0.29) is 11.6 Å². The van der Waals surface area contributed by atoms with Crippen LogP contribution in [0, 0.1) is 10.1 Å². The van der Waals surface area contributed by atoms with Crippen LogP contribution in [0.5, 0.6) is 0 Å². The summed E-state index contributed by atoms with van der Waals surface area (Å²) in [5.74, 6) is 0.904. The van der Waals surface area contributed by atoms with Crippen LogP contribution in [0.3, 0.4) is 0 Å². The van der Waals surface area contributed by atoms with Gasteiger partial charge in [-0.25, -0.2) is 5.43 Å². The molecule has 168 valence electrons. The molecule has 10 nitrogen and oxygen atoms in total. The molecule has 0 aliphatic rings. The molecule has 0 amide bonds. The number of benzene rings is 3. The topological polar surface area (TPSA) is 130 Å². The molecule has 0 unspecified atom stereocenters. The number of hydrogen-bond donors (Lipinski definition) is 3. The van der Waals surface area contributed by atoms with Crippen molar-refractivity contribution >= 4 is 47.2 Å². The van der Waals surface area contributed by atoms with Crippen LogP contribution in [0.4, 0.5) is 34.9 Å². The third-order valence-electron chi connectivity index (χ3n) is 4.39. The number of hydrogen-bond acceptors (Lipinski definition) is 9. The molecule has 0 aliphatic heterocycles. The fourth-order valence-corrected chi connectivity index (χ4v) is 2.87. The number of hydrazone groups is 1. The molecule has 0 bridgehead atoms. The van der Waals surface area contributed by atoms with Crippen LogP contribution in [0.15, 0.2) is 96.1 Å². The highest BCUT2D eigenvalue weighted by Crippen LogP contribution is 2.18. The van der Waals surface area contributed by atoms with Crippen molar-refractivity contribution in [2.45, 2.75) is 0 Å². The molecule has 1 heterocycles. The molecule has 0 saturated heterocycles. The van der Waals surface area contributed by atoms with Crippen LogP contribution in [-0.4, -0.2) is 26.1 Å². The van der Waals surface area contributed by atoms with E-state index in [1.54, 1.807) is 24.3 Å². The first-order chi connectivity index (χ1) is 16.7. The number of non-ortho nitro benzene ring substituents is 1. The Morgan fingerprint density at radius 1 is 0.765 bits per heavy atom. The second kappa shape index (κ2) is 11.0. The van der Waals surface area contributed by atoms with Crippen molar-refractivity contribution in [1.82, 2.24) is 15.0 Å². The largest absolute Gasteiger partial charge is 0.324 e. The van der Waals surface area contributed by atoms with Crippen molar-refractivity contribution in [3.05, 3.63) is 107 Å². The Kier molecular flexibility index (Phi) is 7.12. The van der Waals surface area contributed by atoms with Gasteiger partial charge in [-0.05, 0) is 35.9 Å². The Balaban J connectivity index is 1.49. The summed E-state index contributed by atoms with van der Waals surface area (Å²) in [5, 5.41) is 21.3. The quantitative estimate of drug-likeness (QED) is 0.175. The first kappa shape index (κ1) is 22.1. The normalized spacial score (nSPS) is 10.9. The maximum Gasteiger partial charge on any atom is 0.270 e. The monoisotopic (exact) mass is 452 g/mol. The van der Waals surface area contributed by atoms with Gasteiger partial charge in [-0.1, -0.05) is 54.6 Å². The van der Waals surface area contributed by atoms with E-state index in [0.717, 1.165) is 11.4 Å². The van der Waals surface area contributed by atoms with Gasteiger partial charge in [-0.3, -0.25) is 10.1 Å². The van der Waals surface area contributed by atoms with Gasteiger partial charge >= 0.3 is 0 Å². The average Bonchev–Trinajstić information content (AvgIpc) is 2.85. The molecule has 0 aliphatic carbocycles. The number of anilines is 5. The molecular weight excluding hydrogens is 432 g/mol. The molecule has 4 aromatic rings. The zero-order chi connectivity index (χ0) is 23.6. The predicted molar refractivity (Wildman–Crippen MR) is 134 cm³/mol. The molecule has 3 aromatic carbocycles. The Morgan fingerprint density at radius 2 is 1.35 bits per heavy atom. The minimum absolute atomic E-state index is 0.0271. The van der Waals surface area contributed by atoms with Crippen molar-refractivity contribution in [2.75, 3.05) is 16.1 Å². The molecule has 34 heavy (non-hydrogen) atoms. The summed E-state index contributed by atoms with van der Waals surface area (Å²) in [5.41, 5.74) is 5.15. The van der Waals surface area contributed by atoms with Gasteiger partial charge in [-0.15, -0.1) is 0 Å². The Bertz CT molecular complexity index is 1250. The highest BCUT2D eigenvalue weighted by atomic mass is 16.6. The summed E-state index contributed by atoms with van der Waals surface area (Å²) < 4.78 is 0. The molecule has 1 aromatic heterocycles. The number of allylic oxidation sites excluding steroid dienone is 1. The van der Waals surface area contributed by atoms with E-state index in [9.17, 15) is 10.1 Å². The number of nitrogens with one attached hydrogen (secondary N) is 3. The Hall–Kier alpha value is -5.12. The summed E-state index contributed by atoms with van der Waals surface area (Å²) in [6, 6.07) is 25.4. The third-order valence-corrected chi connectivity index (χ3v) is 4.39. The van der Waals surface area contributed by atoms with Crippen molar-refractivity contribution in [1.29, 1.82) is 0 Å². The van der Waals surface area contributed by atoms with Gasteiger partial charge in [0.05, 0.1) is 4.92 Å². The van der Waals surface area contributed by atoms with Crippen LogP contribution >= 0.6 is 0 Å². The number of nitrogens with zero attached hydrogens (tertiary/aromatic N) is 5. The third kappa shape index (κ3) is 6.44. The van der Waals surface area contributed by atoms with Crippen molar-refractivity contribution in [2.24, 2.45) is 5.10 Å². The fraction of sp³-hybridized carbons (Fsp3) is 0. The molecular formula is C24H20N8O2. The average molecular weight is 452 g/mol. The predicted octanol–water partition coefficient (Wildman–Crippen LogP) is 5.38. The summed E-state index contributed by atoms with van der Waals surface area (Å²) in [6.45, 7) is 0. The smallest absolute Gasteiger partial charge is 0.270 e. The van der Waals surface area contributed by atoms with E-state index >= 15 is 0 Å². The van der Waals surface area contributed by atoms with Crippen LogP contribution in [0.1, 0.15) is 5.56 Å². The summed E-state index contributed by atoms with van der Waals surface area (Å²) in [7, 11) is 0. The van der Waals surface area contributed by atoms with Crippen LogP contribution in [0.2, 0.25) is 0 Å². The number of para-hydroxylation sites is 2. The van der Waals surface area contributed by atoms with Gasteiger partial charge in [0.1, 0.15) is 0 Å². The van der Waals surface area contributed by atoms with Crippen LogP contribution < -0.4 is 16.1 Å². The molecule has 0 spiro atoms. The lowest BCUT2D eigenvalue weighted by Gasteiger charge is -2.10. The second-order valence-electron chi connectivity index (χ2n) is 6.89. The van der Waals surface area contributed by atoms with Gasteiger partial charge in [-0.2, -0.15) is 20.1 Å². The maximum absolute atomic E-state index is 10.9. The fourth-order valence-electron chi connectivity index (χ4n) is 2.87. The second-order valence-corrected chi connectivity index (χ2v) is 6.89. The van der Waals surface area contributed by atoms with E-state index in [2.05, 4.69) is 36.1 Å². The molecule has 4 rings (SSSR count). The standard InChI is InChI=1S/C24H20N8O2/c33-32(34)21-15-7-9-18(17-21)10-8-16-25-31-24-29-22(26-19-11-3-1-4-12-19)28-23(30-24)27-20-13-5-2-6-14-20/h1-17H,(H3,26,27,28,29,30,31)/b10-8-,25-16?. The summed E-state index contributed by atoms with van der Waals surface area (Å²) in [6.07, 6.45) is 4.85. The zero-order valence-corrected chi connectivity index (χ0v) is 17.9. The van der Waals surface area contributed by atoms with Crippen LogP contribution in [0.25, 0.3) is 6.08 Å². The van der Waals surface area contributed by atoms with E-state index in [0.29, 0.717) is 17.5 Å². The SMILES string of the molecule is O=[N+]([O-])c1cccc(/C=C\C=NNc2nc(Nc3ccccc3)nc(Nc3ccccc3)n2)c1. The van der Waals surface area contributed by atoms with Gasteiger partial charge < -0.3 is 10.6 Å². The van der Waals surface area contributed by atoms with Crippen molar-refractivity contribution < 1.29 is 4.92 Å². The van der Waals surface area contributed by atoms with Crippen LogP contribution in [-0.2, 0) is 0 Å². The highest BCUT2D eigenvalue weighted by Gasteiger charge is 2.07. The summed E-state index contributed by atoms with van der Waals surface area (Å²) >= 11 is 0. The lowest BCUT2D eigenvalue weighted by molar-refractivity contribution is -0.384. The number of nitro groups is 1. The Morgan fingerprint density at radius 3 is 1.94 bits per heavy atom. The molecule has 0 fully saturated rings. The Labute approximate surface area is 195 Å².